The maximum absolute atomic E-state index is 4.59. The smallest absolute Gasteiger partial charge is 0.224 e. The number of hydrogen-bond acceptors (Lipinski definition) is 4. The van der Waals surface area contributed by atoms with Crippen LogP contribution in [0.1, 0.15) is 44.7 Å². The molecule has 0 aromatic carbocycles. The molecule has 106 valence electrons. The summed E-state index contributed by atoms with van der Waals surface area (Å²) in [7, 11) is 2.14. The minimum absolute atomic E-state index is 0.744. The van der Waals surface area contributed by atoms with Crippen LogP contribution in [0.3, 0.4) is 0 Å². The molecule has 1 aliphatic rings. The van der Waals surface area contributed by atoms with E-state index in [-0.39, 0.29) is 0 Å². The lowest BCUT2D eigenvalue weighted by molar-refractivity contribution is 0.361. The van der Waals surface area contributed by atoms with Crippen molar-refractivity contribution in [3.8, 4) is 0 Å². The van der Waals surface area contributed by atoms with Crippen molar-refractivity contribution in [3.05, 3.63) is 11.8 Å². The van der Waals surface area contributed by atoms with Crippen molar-refractivity contribution in [2.75, 3.05) is 30.4 Å². The van der Waals surface area contributed by atoms with Gasteiger partial charge in [0.25, 0.3) is 0 Å². The average molecular weight is 262 g/mol. The van der Waals surface area contributed by atoms with Gasteiger partial charge >= 0.3 is 0 Å². The lowest BCUT2D eigenvalue weighted by atomic mass is 9.89. The van der Waals surface area contributed by atoms with Crippen molar-refractivity contribution >= 4 is 11.8 Å². The lowest BCUT2D eigenvalue weighted by Gasteiger charge is -2.28. The van der Waals surface area contributed by atoms with Crippen molar-refractivity contribution in [1.29, 1.82) is 0 Å². The van der Waals surface area contributed by atoms with Gasteiger partial charge in [-0.25, -0.2) is 4.98 Å². The van der Waals surface area contributed by atoms with Crippen LogP contribution in [-0.4, -0.2) is 30.1 Å². The van der Waals surface area contributed by atoms with Gasteiger partial charge < -0.3 is 10.2 Å². The fourth-order valence-corrected chi connectivity index (χ4v) is 2.84. The minimum atomic E-state index is 0.744. The van der Waals surface area contributed by atoms with Gasteiger partial charge in [-0.15, -0.1) is 0 Å². The third-order valence-corrected chi connectivity index (χ3v) is 3.82. The van der Waals surface area contributed by atoms with Gasteiger partial charge in [0.2, 0.25) is 5.95 Å². The van der Waals surface area contributed by atoms with Crippen molar-refractivity contribution in [1.82, 2.24) is 9.97 Å². The Morgan fingerprint density at radius 2 is 2.00 bits per heavy atom. The van der Waals surface area contributed by atoms with Crippen molar-refractivity contribution in [2.45, 2.75) is 46.0 Å². The minimum Gasteiger partial charge on any atom is -0.359 e. The highest BCUT2D eigenvalue weighted by Gasteiger charge is 2.16. The maximum Gasteiger partial charge on any atom is 0.224 e. The highest BCUT2D eigenvalue weighted by Crippen LogP contribution is 2.25. The molecular weight excluding hydrogens is 236 g/mol. The van der Waals surface area contributed by atoms with Crippen LogP contribution >= 0.6 is 0 Å². The zero-order valence-electron chi connectivity index (χ0n) is 12.4. The zero-order chi connectivity index (χ0) is 13.7. The molecule has 1 heterocycles. The van der Waals surface area contributed by atoms with Crippen LogP contribution in [0.4, 0.5) is 11.8 Å². The topological polar surface area (TPSA) is 41.1 Å². The van der Waals surface area contributed by atoms with Gasteiger partial charge in [0.1, 0.15) is 5.82 Å². The van der Waals surface area contributed by atoms with Crippen molar-refractivity contribution in [2.24, 2.45) is 5.92 Å². The molecule has 1 fully saturated rings. The largest absolute Gasteiger partial charge is 0.359 e. The lowest BCUT2D eigenvalue weighted by Crippen LogP contribution is -2.27. The Bertz CT molecular complexity index is 399. The Hall–Kier alpha value is -1.32. The summed E-state index contributed by atoms with van der Waals surface area (Å²) in [4.78, 5) is 11.3. The van der Waals surface area contributed by atoms with E-state index < -0.39 is 0 Å². The molecule has 4 nitrogen and oxygen atoms in total. The summed E-state index contributed by atoms with van der Waals surface area (Å²) < 4.78 is 0. The van der Waals surface area contributed by atoms with E-state index in [4.69, 9.17) is 0 Å². The molecule has 19 heavy (non-hydrogen) atoms. The van der Waals surface area contributed by atoms with Gasteiger partial charge in [0.05, 0.1) is 0 Å². The average Bonchev–Trinajstić information content (AvgIpc) is 2.39. The highest BCUT2D eigenvalue weighted by molar-refractivity contribution is 5.44. The Labute approximate surface area is 116 Å². The quantitative estimate of drug-likeness (QED) is 0.884. The molecule has 0 atom stereocenters. The zero-order valence-corrected chi connectivity index (χ0v) is 12.4. The first-order chi connectivity index (χ1) is 9.19. The number of anilines is 2. The first-order valence-electron chi connectivity index (χ1n) is 7.49. The van der Waals surface area contributed by atoms with Crippen molar-refractivity contribution in [3.63, 3.8) is 0 Å². The molecule has 1 aliphatic carbocycles. The second kappa shape index (κ2) is 6.73. The molecule has 0 saturated heterocycles. The molecule has 1 aromatic rings. The number of nitrogens with zero attached hydrogens (tertiary/aromatic N) is 3. The van der Waals surface area contributed by atoms with Crippen molar-refractivity contribution < 1.29 is 0 Å². The Balaban J connectivity index is 2.02. The predicted octanol–water partition coefficient (Wildman–Crippen LogP) is 3.23. The summed E-state index contributed by atoms with van der Waals surface area (Å²) in [5, 5.41) is 3.20. The van der Waals surface area contributed by atoms with E-state index in [1.54, 1.807) is 0 Å². The molecule has 0 bridgehead atoms. The summed E-state index contributed by atoms with van der Waals surface area (Å²) in [6, 6.07) is 2.07. The molecular formula is C15H26N4. The molecule has 1 saturated carbocycles. The van der Waals surface area contributed by atoms with E-state index in [1.807, 2.05) is 6.92 Å². The van der Waals surface area contributed by atoms with E-state index >= 15 is 0 Å². The predicted molar refractivity (Wildman–Crippen MR) is 80.8 cm³/mol. The summed E-state index contributed by atoms with van der Waals surface area (Å²) in [6.07, 6.45) is 6.94. The van der Waals surface area contributed by atoms with Gasteiger partial charge in [0.15, 0.2) is 0 Å². The molecule has 0 amide bonds. The number of rotatable bonds is 5. The number of aryl methyl sites for hydroxylation is 1. The van der Waals surface area contributed by atoms with E-state index in [0.717, 1.165) is 36.5 Å². The molecule has 0 unspecified atom stereocenters. The standard InChI is InChI=1S/C15H26N4/c1-4-16-15-17-12(2)10-14(18-15)19(3)11-13-8-6-5-7-9-13/h10,13H,4-9,11H2,1-3H3,(H,16,17,18). The Morgan fingerprint density at radius 1 is 1.26 bits per heavy atom. The van der Waals surface area contributed by atoms with Gasteiger partial charge in [0, 0.05) is 31.9 Å². The van der Waals surface area contributed by atoms with Gasteiger partial charge in [-0.05, 0) is 32.6 Å². The first-order valence-corrected chi connectivity index (χ1v) is 7.49. The second-order valence-corrected chi connectivity index (χ2v) is 5.61. The normalized spacial score (nSPS) is 16.4. The monoisotopic (exact) mass is 262 g/mol. The van der Waals surface area contributed by atoms with Gasteiger partial charge in [-0.1, -0.05) is 19.3 Å². The summed E-state index contributed by atoms with van der Waals surface area (Å²) in [5.74, 6) is 2.61. The summed E-state index contributed by atoms with van der Waals surface area (Å²) >= 11 is 0. The molecule has 1 aromatic heterocycles. The molecule has 1 N–H and O–H groups in total. The molecule has 0 spiro atoms. The second-order valence-electron chi connectivity index (χ2n) is 5.61. The number of nitrogens with one attached hydrogen (secondary N) is 1. The van der Waals surface area contributed by atoms with Gasteiger partial charge in [-0.3, -0.25) is 0 Å². The van der Waals surface area contributed by atoms with E-state index in [0.29, 0.717) is 0 Å². The summed E-state index contributed by atoms with van der Waals surface area (Å²) in [5.41, 5.74) is 1.02. The van der Waals surface area contributed by atoms with Crippen LogP contribution in [0.2, 0.25) is 0 Å². The molecule has 0 radical (unpaired) electrons. The molecule has 0 aliphatic heterocycles. The van der Waals surface area contributed by atoms with Crippen LogP contribution in [0.5, 0.6) is 0 Å². The SMILES string of the molecule is CCNc1nc(C)cc(N(C)CC2CCCCC2)n1. The van der Waals surface area contributed by atoms with Crippen LogP contribution in [0.15, 0.2) is 6.07 Å². The molecule has 4 heteroatoms. The Morgan fingerprint density at radius 3 is 2.68 bits per heavy atom. The third-order valence-electron chi connectivity index (χ3n) is 3.82. The van der Waals surface area contributed by atoms with E-state index in [1.165, 1.54) is 32.1 Å². The van der Waals surface area contributed by atoms with Crippen LogP contribution in [0, 0.1) is 12.8 Å². The van der Waals surface area contributed by atoms with Crippen LogP contribution < -0.4 is 10.2 Å². The van der Waals surface area contributed by atoms with E-state index in [2.05, 4.69) is 40.2 Å². The summed E-state index contributed by atoms with van der Waals surface area (Å²) in [6.45, 7) is 6.06. The number of aromatic nitrogens is 2. The number of hydrogen-bond donors (Lipinski definition) is 1. The van der Waals surface area contributed by atoms with Crippen LogP contribution in [0.25, 0.3) is 0 Å². The molecule has 2 rings (SSSR count). The van der Waals surface area contributed by atoms with Crippen LogP contribution in [-0.2, 0) is 0 Å². The fourth-order valence-electron chi connectivity index (χ4n) is 2.84. The van der Waals surface area contributed by atoms with Gasteiger partial charge in [-0.2, -0.15) is 4.98 Å². The van der Waals surface area contributed by atoms with E-state index in [9.17, 15) is 0 Å². The first kappa shape index (κ1) is 14.1. The Kier molecular flexibility index (Phi) is 5.00. The fraction of sp³-hybridized carbons (Fsp3) is 0.733. The highest BCUT2D eigenvalue weighted by atomic mass is 15.2. The third kappa shape index (κ3) is 4.08. The maximum atomic E-state index is 4.59.